The monoisotopic (exact) mass is 424 g/mol. The molecule has 0 atom stereocenters. The van der Waals surface area contributed by atoms with E-state index in [9.17, 15) is 9.59 Å². The van der Waals surface area contributed by atoms with E-state index in [2.05, 4.69) is 10.2 Å². The predicted octanol–water partition coefficient (Wildman–Crippen LogP) is 3.25. The molecule has 1 amide bonds. The Balaban J connectivity index is 1.41. The smallest absolute Gasteiger partial charge is 0.280 e. The number of benzene rings is 1. The number of fused-ring (bicyclic) bond motifs is 4. The van der Waals surface area contributed by atoms with Gasteiger partial charge >= 0.3 is 0 Å². The number of carbonyl (C=O) groups excluding carboxylic acids is 2. The minimum absolute atomic E-state index is 0.0447. The summed E-state index contributed by atoms with van der Waals surface area (Å²) in [6, 6.07) is 7.77. The number of aryl methyl sites for hydroxylation is 2. The van der Waals surface area contributed by atoms with Gasteiger partial charge in [-0.1, -0.05) is 29.8 Å². The fourth-order valence-corrected chi connectivity index (χ4v) is 6.49. The average Bonchev–Trinajstić information content (AvgIpc) is 3.12. The normalized spacial score (nSPS) is 25.0. The lowest BCUT2D eigenvalue weighted by Crippen LogP contribution is -2.68. The Morgan fingerprint density at radius 3 is 2.40 bits per heavy atom. The first kappa shape index (κ1) is 19.9. The van der Waals surface area contributed by atoms with Gasteiger partial charge in [-0.3, -0.25) is 14.5 Å². The number of hydrogen-bond acceptors (Lipinski definition) is 4. The maximum atomic E-state index is 13.5. The summed E-state index contributed by atoms with van der Waals surface area (Å²) in [5, 5.41) is 3.95. The van der Waals surface area contributed by atoms with Crippen molar-refractivity contribution in [1.82, 2.24) is 4.90 Å². The number of piperazine rings is 3. The van der Waals surface area contributed by atoms with Crippen LogP contribution in [0.1, 0.15) is 44.8 Å². The summed E-state index contributed by atoms with van der Waals surface area (Å²) in [6.45, 7) is 9.01. The average molecular weight is 425 g/mol. The van der Waals surface area contributed by atoms with Crippen molar-refractivity contribution in [3.8, 4) is 0 Å². The van der Waals surface area contributed by atoms with Gasteiger partial charge in [0.15, 0.2) is 12.3 Å². The lowest BCUT2D eigenvalue weighted by molar-refractivity contribution is -0.933. The molecule has 30 heavy (non-hydrogen) atoms. The molecule has 1 aromatic carbocycles. The van der Waals surface area contributed by atoms with Gasteiger partial charge in [-0.2, -0.15) is 0 Å². The van der Waals surface area contributed by atoms with Crippen LogP contribution >= 0.6 is 11.3 Å². The highest BCUT2D eigenvalue weighted by Gasteiger charge is 2.40. The number of quaternary nitrogens is 1. The fourth-order valence-electron chi connectivity index (χ4n) is 5.18. The van der Waals surface area contributed by atoms with E-state index >= 15 is 0 Å². The van der Waals surface area contributed by atoms with Crippen LogP contribution in [0.5, 0.6) is 0 Å². The molecule has 1 aromatic heterocycles. The van der Waals surface area contributed by atoms with Crippen LogP contribution in [0, 0.1) is 6.92 Å². The van der Waals surface area contributed by atoms with Crippen molar-refractivity contribution in [3.05, 3.63) is 51.4 Å². The molecule has 6 rings (SSSR count). The Morgan fingerprint density at radius 2 is 1.70 bits per heavy atom. The second-order valence-corrected chi connectivity index (χ2v) is 10.3. The number of nitrogens with zero attached hydrogens (tertiary/aromatic N) is 2. The first-order chi connectivity index (χ1) is 14.5. The van der Waals surface area contributed by atoms with Crippen LogP contribution in [0.3, 0.4) is 0 Å². The van der Waals surface area contributed by atoms with Crippen molar-refractivity contribution in [3.63, 3.8) is 0 Å². The van der Waals surface area contributed by atoms with Crippen molar-refractivity contribution in [2.75, 3.05) is 51.1 Å². The Morgan fingerprint density at radius 1 is 1.03 bits per heavy atom. The summed E-state index contributed by atoms with van der Waals surface area (Å²) in [4.78, 5) is 30.3. The molecule has 2 bridgehead atoms. The Kier molecular flexibility index (Phi) is 5.25. The van der Waals surface area contributed by atoms with Gasteiger partial charge in [-0.05, 0) is 38.2 Å². The second-order valence-electron chi connectivity index (χ2n) is 9.17. The van der Waals surface area contributed by atoms with E-state index in [1.165, 1.54) is 10.4 Å². The number of amides is 1. The van der Waals surface area contributed by atoms with Crippen LogP contribution in [-0.2, 0) is 17.6 Å². The number of anilines is 1. The van der Waals surface area contributed by atoms with Crippen LogP contribution in [0.2, 0.25) is 0 Å². The van der Waals surface area contributed by atoms with Crippen molar-refractivity contribution in [2.24, 2.45) is 0 Å². The Bertz CT molecular complexity index is 957. The third-order valence-electron chi connectivity index (χ3n) is 7.12. The van der Waals surface area contributed by atoms with Gasteiger partial charge in [0.2, 0.25) is 0 Å². The third-order valence-corrected chi connectivity index (χ3v) is 8.32. The maximum absolute atomic E-state index is 13.5. The lowest BCUT2D eigenvalue weighted by atomic mass is 9.91. The highest BCUT2D eigenvalue weighted by atomic mass is 32.1. The van der Waals surface area contributed by atoms with E-state index < -0.39 is 0 Å². The topological polar surface area (TPSA) is 49.4 Å². The molecule has 0 unspecified atom stereocenters. The standard InChI is InChI=1S/C24H29N3O2S/c1-17-6-8-18(9-7-17)23(29)22-19-4-2-3-5-20(19)30-24(22)25-21(28)16-27-13-10-26(11-14-27)12-15-27/h6-9H,2-5,10-16H2,1H3/p+1. The Hall–Kier alpha value is -2.02. The van der Waals surface area contributed by atoms with E-state index in [4.69, 9.17) is 0 Å². The molecule has 1 aliphatic carbocycles. The highest BCUT2D eigenvalue weighted by Crippen LogP contribution is 2.39. The second kappa shape index (κ2) is 7.91. The summed E-state index contributed by atoms with van der Waals surface area (Å²) in [7, 11) is 0. The summed E-state index contributed by atoms with van der Waals surface area (Å²) >= 11 is 1.63. The maximum Gasteiger partial charge on any atom is 0.280 e. The number of thiophene rings is 1. The quantitative estimate of drug-likeness (QED) is 0.592. The summed E-state index contributed by atoms with van der Waals surface area (Å²) < 4.78 is 0.897. The van der Waals surface area contributed by atoms with Crippen molar-refractivity contribution < 1.29 is 14.1 Å². The van der Waals surface area contributed by atoms with Crippen LogP contribution in [0.4, 0.5) is 5.00 Å². The van der Waals surface area contributed by atoms with Crippen molar-refractivity contribution >= 4 is 28.0 Å². The molecule has 3 aliphatic heterocycles. The van der Waals surface area contributed by atoms with E-state index in [0.717, 1.165) is 85.6 Å². The predicted molar refractivity (Wildman–Crippen MR) is 120 cm³/mol. The molecular weight excluding hydrogens is 394 g/mol. The molecule has 0 saturated carbocycles. The molecule has 5 nitrogen and oxygen atoms in total. The highest BCUT2D eigenvalue weighted by molar-refractivity contribution is 7.17. The minimum Gasteiger partial charge on any atom is -0.313 e. The molecule has 3 fully saturated rings. The number of hydrogen-bond donors (Lipinski definition) is 1. The molecule has 4 heterocycles. The molecule has 158 valence electrons. The van der Waals surface area contributed by atoms with Gasteiger partial charge in [0.05, 0.1) is 25.2 Å². The minimum atomic E-state index is 0.0447. The zero-order valence-corrected chi connectivity index (χ0v) is 18.5. The molecule has 3 saturated heterocycles. The molecular formula is C24H30N3O2S+. The van der Waals surface area contributed by atoms with E-state index in [0.29, 0.717) is 12.1 Å². The molecule has 4 aliphatic rings. The molecule has 1 N–H and O–H groups in total. The number of carbonyl (C=O) groups is 2. The molecule has 2 aromatic rings. The third kappa shape index (κ3) is 3.72. The van der Waals surface area contributed by atoms with Crippen LogP contribution < -0.4 is 5.32 Å². The zero-order valence-electron chi connectivity index (χ0n) is 17.7. The van der Waals surface area contributed by atoms with E-state index in [1.807, 2.05) is 31.2 Å². The number of rotatable bonds is 5. The number of nitrogens with one attached hydrogen (secondary N) is 1. The first-order valence-electron chi connectivity index (χ1n) is 11.2. The van der Waals surface area contributed by atoms with Gasteiger partial charge in [0.1, 0.15) is 5.00 Å². The molecule has 0 spiro atoms. The summed E-state index contributed by atoms with van der Waals surface area (Å²) in [5.41, 5.74) is 3.76. The van der Waals surface area contributed by atoms with Gasteiger partial charge in [-0.25, -0.2) is 0 Å². The first-order valence-corrected chi connectivity index (χ1v) is 12.0. The SMILES string of the molecule is Cc1ccc(C(=O)c2c(NC(=O)C[N+]34CCN(CC3)CC4)sc3c2CCCC3)cc1. The lowest BCUT2D eigenvalue weighted by Gasteiger charge is -2.50. The van der Waals surface area contributed by atoms with Crippen molar-refractivity contribution in [1.29, 1.82) is 0 Å². The van der Waals surface area contributed by atoms with Gasteiger partial charge in [0, 0.05) is 30.1 Å². The van der Waals surface area contributed by atoms with Crippen LogP contribution in [-0.4, -0.2) is 66.9 Å². The fraction of sp³-hybridized carbons (Fsp3) is 0.500. The summed E-state index contributed by atoms with van der Waals surface area (Å²) in [5.74, 6) is 0.102. The van der Waals surface area contributed by atoms with Crippen molar-refractivity contribution in [2.45, 2.75) is 32.6 Å². The van der Waals surface area contributed by atoms with E-state index in [-0.39, 0.29) is 11.7 Å². The number of ketones is 1. The largest absolute Gasteiger partial charge is 0.313 e. The van der Waals surface area contributed by atoms with Gasteiger partial charge in [-0.15, -0.1) is 11.3 Å². The van der Waals surface area contributed by atoms with Crippen LogP contribution in [0.15, 0.2) is 24.3 Å². The molecule has 6 heteroatoms. The van der Waals surface area contributed by atoms with Gasteiger partial charge in [0.25, 0.3) is 5.91 Å². The summed E-state index contributed by atoms with van der Waals surface area (Å²) in [6.07, 6.45) is 4.22. The van der Waals surface area contributed by atoms with Crippen LogP contribution in [0.25, 0.3) is 0 Å². The zero-order chi connectivity index (χ0) is 20.7. The van der Waals surface area contributed by atoms with E-state index in [1.54, 1.807) is 11.3 Å². The molecule has 0 radical (unpaired) electrons. The van der Waals surface area contributed by atoms with Gasteiger partial charge < -0.3 is 9.80 Å². The Labute approximate surface area is 182 Å².